The molecule has 1 rings (SSSR count). The molecular formula is C7H15NO2. The van der Waals surface area contributed by atoms with E-state index in [9.17, 15) is 5.11 Å². The van der Waals surface area contributed by atoms with Gasteiger partial charge in [0, 0.05) is 13.2 Å². The van der Waals surface area contributed by atoms with Gasteiger partial charge in [-0.15, -0.1) is 0 Å². The first-order valence-corrected chi connectivity index (χ1v) is 3.70. The first kappa shape index (κ1) is 7.98. The molecule has 0 amide bonds. The molecule has 0 aromatic heterocycles. The van der Waals surface area contributed by atoms with Gasteiger partial charge in [-0.1, -0.05) is 0 Å². The van der Waals surface area contributed by atoms with Gasteiger partial charge in [0.1, 0.15) is 0 Å². The molecule has 3 N–H and O–H groups in total. The normalized spacial score (nSPS) is 41.7. The van der Waals surface area contributed by atoms with Gasteiger partial charge in [0.2, 0.25) is 0 Å². The van der Waals surface area contributed by atoms with Crippen LogP contribution in [0.25, 0.3) is 0 Å². The standard InChI is InChI=1S/C7H15NO2/c1-10-5-2-3-7(9)6(8)4-5/h5-7,9H,2-4,8H2,1H3. The largest absolute Gasteiger partial charge is 0.392 e. The molecule has 3 atom stereocenters. The Morgan fingerprint density at radius 1 is 1.50 bits per heavy atom. The summed E-state index contributed by atoms with van der Waals surface area (Å²) < 4.78 is 5.12. The van der Waals surface area contributed by atoms with Crippen LogP contribution in [0.3, 0.4) is 0 Å². The number of methoxy groups -OCH3 is 1. The fourth-order valence-corrected chi connectivity index (χ4v) is 1.36. The van der Waals surface area contributed by atoms with Crippen LogP contribution >= 0.6 is 0 Å². The Morgan fingerprint density at radius 3 is 2.70 bits per heavy atom. The summed E-state index contributed by atoms with van der Waals surface area (Å²) >= 11 is 0. The number of hydrogen-bond acceptors (Lipinski definition) is 3. The fraction of sp³-hybridized carbons (Fsp3) is 1.00. The van der Waals surface area contributed by atoms with E-state index in [2.05, 4.69) is 0 Å². The third-order valence-electron chi connectivity index (χ3n) is 2.15. The van der Waals surface area contributed by atoms with E-state index in [0.29, 0.717) is 0 Å². The Balaban J connectivity index is 2.33. The highest BCUT2D eigenvalue weighted by Crippen LogP contribution is 2.19. The molecule has 0 spiro atoms. The lowest BCUT2D eigenvalue weighted by Gasteiger charge is -2.29. The molecule has 1 fully saturated rings. The van der Waals surface area contributed by atoms with E-state index < -0.39 is 0 Å². The van der Waals surface area contributed by atoms with E-state index in [1.54, 1.807) is 7.11 Å². The fourth-order valence-electron chi connectivity index (χ4n) is 1.36. The van der Waals surface area contributed by atoms with E-state index in [1.807, 2.05) is 0 Å². The smallest absolute Gasteiger partial charge is 0.0693 e. The average Bonchev–Trinajstić information content (AvgIpc) is 1.95. The second-order valence-electron chi connectivity index (χ2n) is 2.90. The maximum atomic E-state index is 9.21. The van der Waals surface area contributed by atoms with Crippen molar-refractivity contribution in [1.82, 2.24) is 0 Å². The molecule has 0 aromatic rings. The Labute approximate surface area is 61.2 Å². The molecule has 1 saturated carbocycles. The number of rotatable bonds is 1. The molecule has 0 aliphatic heterocycles. The molecular weight excluding hydrogens is 130 g/mol. The highest BCUT2D eigenvalue weighted by Gasteiger charge is 2.25. The van der Waals surface area contributed by atoms with Crippen LogP contribution in [0.4, 0.5) is 0 Å². The molecule has 0 aromatic carbocycles. The minimum absolute atomic E-state index is 0.0845. The van der Waals surface area contributed by atoms with Crippen molar-refractivity contribution in [2.45, 2.75) is 37.5 Å². The zero-order valence-electron chi connectivity index (χ0n) is 6.29. The van der Waals surface area contributed by atoms with Gasteiger partial charge in [0.25, 0.3) is 0 Å². The highest BCUT2D eigenvalue weighted by molar-refractivity contribution is 4.82. The maximum Gasteiger partial charge on any atom is 0.0693 e. The number of hydrogen-bond donors (Lipinski definition) is 2. The Hall–Kier alpha value is -0.120. The first-order chi connectivity index (χ1) is 4.74. The Bertz CT molecular complexity index is 108. The van der Waals surface area contributed by atoms with Crippen molar-refractivity contribution in [2.75, 3.05) is 7.11 Å². The summed E-state index contributed by atoms with van der Waals surface area (Å²) in [6, 6.07) is -0.0845. The van der Waals surface area contributed by atoms with Crippen molar-refractivity contribution in [1.29, 1.82) is 0 Å². The highest BCUT2D eigenvalue weighted by atomic mass is 16.5. The number of aliphatic hydroxyl groups is 1. The summed E-state index contributed by atoms with van der Waals surface area (Å²) in [5, 5.41) is 9.21. The van der Waals surface area contributed by atoms with E-state index in [4.69, 9.17) is 10.5 Å². The van der Waals surface area contributed by atoms with E-state index in [0.717, 1.165) is 19.3 Å². The van der Waals surface area contributed by atoms with Crippen LogP contribution in [0.5, 0.6) is 0 Å². The van der Waals surface area contributed by atoms with E-state index in [-0.39, 0.29) is 18.2 Å². The summed E-state index contributed by atoms with van der Waals surface area (Å²) in [6.07, 6.45) is 2.45. The van der Waals surface area contributed by atoms with Crippen LogP contribution in [0.15, 0.2) is 0 Å². The SMILES string of the molecule is COC1CCC(O)C(N)C1. The minimum atomic E-state index is -0.314. The van der Waals surface area contributed by atoms with Crippen LogP contribution in [-0.4, -0.2) is 30.5 Å². The molecule has 0 radical (unpaired) electrons. The van der Waals surface area contributed by atoms with E-state index >= 15 is 0 Å². The number of aliphatic hydroxyl groups excluding tert-OH is 1. The average molecular weight is 145 g/mol. The van der Waals surface area contributed by atoms with Gasteiger partial charge >= 0.3 is 0 Å². The topological polar surface area (TPSA) is 55.5 Å². The monoisotopic (exact) mass is 145 g/mol. The molecule has 1 aliphatic carbocycles. The molecule has 0 heterocycles. The van der Waals surface area contributed by atoms with Gasteiger partial charge in [0.05, 0.1) is 12.2 Å². The predicted molar refractivity (Wildman–Crippen MR) is 38.6 cm³/mol. The van der Waals surface area contributed by atoms with Crippen molar-refractivity contribution in [3.8, 4) is 0 Å². The molecule has 3 unspecified atom stereocenters. The zero-order valence-corrected chi connectivity index (χ0v) is 6.29. The molecule has 3 nitrogen and oxygen atoms in total. The number of nitrogens with two attached hydrogens (primary N) is 1. The zero-order chi connectivity index (χ0) is 7.56. The van der Waals surface area contributed by atoms with Gasteiger partial charge in [0.15, 0.2) is 0 Å². The summed E-state index contributed by atoms with van der Waals surface area (Å²) in [5.74, 6) is 0. The van der Waals surface area contributed by atoms with Crippen molar-refractivity contribution < 1.29 is 9.84 Å². The second-order valence-corrected chi connectivity index (χ2v) is 2.90. The van der Waals surface area contributed by atoms with Crippen LogP contribution in [0.2, 0.25) is 0 Å². The van der Waals surface area contributed by atoms with Crippen molar-refractivity contribution >= 4 is 0 Å². The van der Waals surface area contributed by atoms with Gasteiger partial charge in [-0.25, -0.2) is 0 Å². The second kappa shape index (κ2) is 3.32. The third kappa shape index (κ3) is 1.68. The predicted octanol–water partition coefficient (Wildman–Crippen LogP) is -0.127. The minimum Gasteiger partial charge on any atom is -0.392 e. The number of ether oxygens (including phenoxy) is 1. The van der Waals surface area contributed by atoms with Gasteiger partial charge in [-0.3, -0.25) is 0 Å². The summed E-state index contributed by atoms with van der Waals surface area (Å²) in [7, 11) is 1.69. The van der Waals surface area contributed by atoms with Crippen LogP contribution in [0, 0.1) is 0 Å². The lowest BCUT2D eigenvalue weighted by atomic mass is 9.91. The maximum absolute atomic E-state index is 9.21. The van der Waals surface area contributed by atoms with Crippen molar-refractivity contribution in [3.05, 3.63) is 0 Å². The molecule has 1 aliphatic rings. The quantitative estimate of drug-likeness (QED) is 0.540. The Kier molecular flexibility index (Phi) is 2.65. The summed E-state index contributed by atoms with van der Waals surface area (Å²) in [4.78, 5) is 0. The lowest BCUT2D eigenvalue weighted by molar-refractivity contribution is 0.0118. The lowest BCUT2D eigenvalue weighted by Crippen LogP contribution is -2.42. The summed E-state index contributed by atoms with van der Waals surface area (Å²) in [5.41, 5.74) is 5.61. The molecule has 3 heteroatoms. The van der Waals surface area contributed by atoms with E-state index in [1.165, 1.54) is 0 Å². The molecule has 0 bridgehead atoms. The first-order valence-electron chi connectivity index (χ1n) is 3.70. The summed E-state index contributed by atoms with van der Waals surface area (Å²) in [6.45, 7) is 0. The molecule has 10 heavy (non-hydrogen) atoms. The van der Waals surface area contributed by atoms with Crippen LogP contribution < -0.4 is 5.73 Å². The van der Waals surface area contributed by atoms with Gasteiger partial charge < -0.3 is 15.6 Å². The molecule has 60 valence electrons. The van der Waals surface area contributed by atoms with Crippen molar-refractivity contribution in [3.63, 3.8) is 0 Å². The Morgan fingerprint density at radius 2 is 2.20 bits per heavy atom. The van der Waals surface area contributed by atoms with Gasteiger partial charge in [-0.05, 0) is 19.3 Å². The van der Waals surface area contributed by atoms with Crippen LogP contribution in [-0.2, 0) is 4.74 Å². The van der Waals surface area contributed by atoms with Crippen LogP contribution in [0.1, 0.15) is 19.3 Å². The van der Waals surface area contributed by atoms with Crippen molar-refractivity contribution in [2.24, 2.45) is 5.73 Å². The third-order valence-corrected chi connectivity index (χ3v) is 2.15. The van der Waals surface area contributed by atoms with Gasteiger partial charge in [-0.2, -0.15) is 0 Å². The molecule has 0 saturated heterocycles.